The lowest BCUT2D eigenvalue weighted by atomic mass is 10.1. The maximum atomic E-state index is 13.0. The summed E-state index contributed by atoms with van der Waals surface area (Å²) in [6, 6.07) is 12.0. The molecule has 0 bridgehead atoms. The second-order valence-electron chi connectivity index (χ2n) is 7.72. The number of amides is 2. The highest BCUT2D eigenvalue weighted by atomic mass is 35.5. The molecule has 0 saturated carbocycles. The number of halogens is 1. The predicted octanol–water partition coefficient (Wildman–Crippen LogP) is 3.50. The van der Waals surface area contributed by atoms with Crippen LogP contribution in [0.25, 0.3) is 0 Å². The second kappa shape index (κ2) is 9.47. The highest BCUT2D eigenvalue weighted by Crippen LogP contribution is 2.28. The minimum absolute atomic E-state index is 0.107. The van der Waals surface area contributed by atoms with Gasteiger partial charge in [-0.25, -0.2) is 0 Å². The Labute approximate surface area is 187 Å². The first kappa shape index (κ1) is 22.7. The fourth-order valence-corrected chi connectivity index (χ4v) is 3.61. The molecular formula is C23H27ClN2O5. The Morgan fingerprint density at radius 2 is 1.45 bits per heavy atom. The quantitative estimate of drug-likeness (QED) is 0.679. The molecule has 3 rings (SSSR count). The van der Waals surface area contributed by atoms with Gasteiger partial charge in [0.15, 0.2) is 17.1 Å². The van der Waals surface area contributed by atoms with E-state index in [4.69, 9.17) is 25.8 Å². The second-order valence-corrected chi connectivity index (χ2v) is 8.16. The predicted molar refractivity (Wildman–Crippen MR) is 118 cm³/mol. The number of carbonyl (C=O) groups excluding carboxylic acids is 2. The van der Waals surface area contributed by atoms with Crippen LogP contribution in [0.2, 0.25) is 5.02 Å². The van der Waals surface area contributed by atoms with Gasteiger partial charge in [-0.3, -0.25) is 9.59 Å². The SMILES string of the molecule is COc1ccc(C(=O)N2CCN(C(=O)C(C)(C)Oc3ccc(Cl)cc3)CC2)cc1OC. The van der Waals surface area contributed by atoms with E-state index >= 15 is 0 Å². The van der Waals surface area contributed by atoms with Crippen molar-refractivity contribution in [1.82, 2.24) is 9.80 Å². The molecule has 2 aromatic rings. The van der Waals surface area contributed by atoms with Gasteiger partial charge in [0, 0.05) is 36.8 Å². The van der Waals surface area contributed by atoms with E-state index < -0.39 is 5.60 Å². The van der Waals surface area contributed by atoms with E-state index in [-0.39, 0.29) is 11.8 Å². The number of rotatable bonds is 6. The van der Waals surface area contributed by atoms with Crippen molar-refractivity contribution in [2.75, 3.05) is 40.4 Å². The smallest absolute Gasteiger partial charge is 0.266 e. The van der Waals surface area contributed by atoms with Crippen LogP contribution in [0.15, 0.2) is 42.5 Å². The van der Waals surface area contributed by atoms with Crippen molar-refractivity contribution in [2.24, 2.45) is 0 Å². The Kier molecular flexibility index (Phi) is 6.95. The Morgan fingerprint density at radius 3 is 2.03 bits per heavy atom. The zero-order chi connectivity index (χ0) is 22.6. The van der Waals surface area contributed by atoms with Gasteiger partial charge in [-0.05, 0) is 56.3 Å². The largest absolute Gasteiger partial charge is 0.493 e. The third-order valence-corrected chi connectivity index (χ3v) is 5.44. The lowest BCUT2D eigenvalue weighted by Crippen LogP contribution is -2.56. The molecule has 0 radical (unpaired) electrons. The van der Waals surface area contributed by atoms with Crippen LogP contribution in [0, 0.1) is 0 Å². The molecule has 0 atom stereocenters. The Hall–Kier alpha value is -2.93. The van der Waals surface area contributed by atoms with Crippen molar-refractivity contribution in [3.8, 4) is 17.2 Å². The van der Waals surface area contributed by atoms with Crippen LogP contribution in [-0.4, -0.2) is 67.6 Å². The van der Waals surface area contributed by atoms with Crippen molar-refractivity contribution in [1.29, 1.82) is 0 Å². The molecule has 1 fully saturated rings. The molecule has 1 heterocycles. The zero-order valence-electron chi connectivity index (χ0n) is 18.2. The Morgan fingerprint density at radius 1 is 0.871 bits per heavy atom. The molecule has 2 aromatic carbocycles. The van der Waals surface area contributed by atoms with Crippen LogP contribution in [-0.2, 0) is 4.79 Å². The molecule has 1 aliphatic rings. The van der Waals surface area contributed by atoms with Crippen molar-refractivity contribution in [3.05, 3.63) is 53.1 Å². The van der Waals surface area contributed by atoms with Gasteiger partial charge in [0.2, 0.25) is 0 Å². The fraction of sp³-hybridized carbons (Fsp3) is 0.391. The monoisotopic (exact) mass is 446 g/mol. The van der Waals surface area contributed by atoms with Crippen LogP contribution >= 0.6 is 11.6 Å². The fourth-order valence-electron chi connectivity index (χ4n) is 3.49. The first-order valence-electron chi connectivity index (χ1n) is 10.0. The minimum atomic E-state index is -1.04. The number of piperazine rings is 1. The van der Waals surface area contributed by atoms with Gasteiger partial charge in [-0.15, -0.1) is 0 Å². The molecule has 166 valence electrons. The first-order chi connectivity index (χ1) is 14.7. The van der Waals surface area contributed by atoms with Crippen molar-refractivity contribution in [2.45, 2.75) is 19.4 Å². The molecule has 0 spiro atoms. The van der Waals surface area contributed by atoms with Crippen molar-refractivity contribution >= 4 is 23.4 Å². The maximum absolute atomic E-state index is 13.0. The third kappa shape index (κ3) is 5.22. The standard InChI is InChI=1S/C23H27ClN2O5/c1-23(2,31-18-8-6-17(24)7-9-18)22(28)26-13-11-25(12-14-26)21(27)16-5-10-19(29-3)20(15-16)30-4/h5-10,15H,11-14H2,1-4H3. The molecular weight excluding hydrogens is 420 g/mol. The highest BCUT2D eigenvalue weighted by Gasteiger charge is 2.36. The molecule has 0 aromatic heterocycles. The summed E-state index contributed by atoms with van der Waals surface area (Å²) in [7, 11) is 3.08. The van der Waals surface area contributed by atoms with Gasteiger partial charge in [0.25, 0.3) is 11.8 Å². The Bertz CT molecular complexity index is 937. The van der Waals surface area contributed by atoms with E-state index in [0.717, 1.165) is 0 Å². The van der Waals surface area contributed by atoms with Crippen molar-refractivity contribution in [3.63, 3.8) is 0 Å². The number of methoxy groups -OCH3 is 2. The number of carbonyl (C=O) groups is 2. The summed E-state index contributed by atoms with van der Waals surface area (Å²) in [5.41, 5.74) is -0.521. The lowest BCUT2D eigenvalue weighted by Gasteiger charge is -2.38. The maximum Gasteiger partial charge on any atom is 0.266 e. The van der Waals surface area contributed by atoms with E-state index in [9.17, 15) is 9.59 Å². The van der Waals surface area contributed by atoms with Gasteiger partial charge >= 0.3 is 0 Å². The summed E-state index contributed by atoms with van der Waals surface area (Å²) in [6.07, 6.45) is 0. The average molecular weight is 447 g/mol. The average Bonchev–Trinajstić information content (AvgIpc) is 2.79. The van der Waals surface area contributed by atoms with Gasteiger partial charge in [-0.2, -0.15) is 0 Å². The van der Waals surface area contributed by atoms with Crippen LogP contribution in [0.5, 0.6) is 17.2 Å². The van der Waals surface area contributed by atoms with Gasteiger partial charge < -0.3 is 24.0 Å². The number of nitrogens with zero attached hydrogens (tertiary/aromatic N) is 2. The summed E-state index contributed by atoms with van der Waals surface area (Å²) < 4.78 is 16.4. The summed E-state index contributed by atoms with van der Waals surface area (Å²) in [6.45, 7) is 5.23. The van der Waals surface area contributed by atoms with E-state index in [1.54, 1.807) is 73.2 Å². The molecule has 0 unspecified atom stereocenters. The minimum Gasteiger partial charge on any atom is -0.493 e. The van der Waals surface area contributed by atoms with Crippen LogP contribution in [0.1, 0.15) is 24.2 Å². The Balaban J connectivity index is 1.61. The first-order valence-corrected chi connectivity index (χ1v) is 10.4. The normalized spacial score (nSPS) is 14.2. The van der Waals surface area contributed by atoms with Crippen LogP contribution in [0.4, 0.5) is 0 Å². The molecule has 1 saturated heterocycles. The highest BCUT2D eigenvalue weighted by molar-refractivity contribution is 6.30. The van der Waals surface area contributed by atoms with Gasteiger partial charge in [0.05, 0.1) is 14.2 Å². The topological polar surface area (TPSA) is 68.3 Å². The molecule has 8 heteroatoms. The summed E-state index contributed by atoms with van der Waals surface area (Å²) in [5, 5.41) is 0.603. The van der Waals surface area contributed by atoms with E-state index in [2.05, 4.69) is 0 Å². The molecule has 31 heavy (non-hydrogen) atoms. The third-order valence-electron chi connectivity index (χ3n) is 5.19. The van der Waals surface area contributed by atoms with Gasteiger partial charge in [0.1, 0.15) is 5.75 Å². The lowest BCUT2D eigenvalue weighted by molar-refractivity contribution is -0.147. The number of ether oxygens (including phenoxy) is 3. The van der Waals surface area contributed by atoms with E-state index in [0.29, 0.717) is 54.0 Å². The summed E-state index contributed by atoms with van der Waals surface area (Å²) >= 11 is 5.91. The molecule has 7 nitrogen and oxygen atoms in total. The molecule has 1 aliphatic heterocycles. The zero-order valence-corrected chi connectivity index (χ0v) is 18.9. The van der Waals surface area contributed by atoms with E-state index in [1.165, 1.54) is 7.11 Å². The summed E-state index contributed by atoms with van der Waals surface area (Å²) in [5.74, 6) is 1.41. The molecule has 2 amide bonds. The number of benzene rings is 2. The number of hydrogen-bond donors (Lipinski definition) is 0. The molecule has 0 N–H and O–H groups in total. The van der Waals surface area contributed by atoms with Gasteiger partial charge in [-0.1, -0.05) is 11.6 Å². The molecule has 0 aliphatic carbocycles. The van der Waals surface area contributed by atoms with Crippen LogP contribution < -0.4 is 14.2 Å². The van der Waals surface area contributed by atoms with Crippen LogP contribution in [0.3, 0.4) is 0 Å². The van der Waals surface area contributed by atoms with Crippen molar-refractivity contribution < 1.29 is 23.8 Å². The summed E-state index contributed by atoms with van der Waals surface area (Å²) in [4.78, 5) is 29.4. The van der Waals surface area contributed by atoms with E-state index in [1.807, 2.05) is 0 Å². The number of hydrogen-bond acceptors (Lipinski definition) is 5.